The van der Waals surface area contributed by atoms with Crippen molar-refractivity contribution in [3.63, 3.8) is 0 Å². The van der Waals surface area contributed by atoms with Crippen LogP contribution in [-0.2, 0) is 4.43 Å². The summed E-state index contributed by atoms with van der Waals surface area (Å²) in [6.45, 7) is 13.0. The van der Waals surface area contributed by atoms with E-state index < -0.39 is 8.32 Å². The molecule has 0 amide bonds. The first-order valence-corrected chi connectivity index (χ1v) is 10.4. The zero-order chi connectivity index (χ0) is 17.4. The Morgan fingerprint density at radius 3 is 1.78 bits per heavy atom. The molecule has 0 fully saturated rings. The van der Waals surface area contributed by atoms with Gasteiger partial charge in [-0.15, -0.1) is 0 Å². The fraction of sp³-hybridized carbons (Fsp3) is 0.474. The number of fused-ring (bicyclic) bond motifs is 1. The molecule has 0 N–H and O–H groups in total. The van der Waals surface area contributed by atoms with Crippen LogP contribution in [0.4, 0.5) is 0 Å². The molecule has 1 aromatic rings. The lowest BCUT2D eigenvalue weighted by molar-refractivity contribution is 0.0941. The van der Waals surface area contributed by atoms with Crippen LogP contribution < -0.4 is 0 Å². The molecule has 1 aliphatic rings. The minimum absolute atomic E-state index is 0.144. The number of benzene rings is 1. The molecule has 4 heteroatoms. The number of Topliss-reactive ketones (excluding diaryl/α,β-unsaturated/α-hetero) is 1. The van der Waals surface area contributed by atoms with E-state index in [4.69, 9.17) is 4.43 Å². The van der Waals surface area contributed by atoms with Crippen LogP contribution >= 0.6 is 0 Å². The van der Waals surface area contributed by atoms with Gasteiger partial charge in [-0.05, 0) is 16.6 Å². The van der Waals surface area contributed by atoms with Crippen LogP contribution in [-0.4, -0.2) is 19.9 Å². The molecule has 0 unspecified atom stereocenters. The van der Waals surface area contributed by atoms with Crippen molar-refractivity contribution in [1.29, 1.82) is 0 Å². The fourth-order valence-corrected chi connectivity index (χ4v) is 9.15. The number of rotatable bonds is 5. The molecule has 23 heavy (non-hydrogen) atoms. The van der Waals surface area contributed by atoms with Crippen LogP contribution in [0.3, 0.4) is 0 Å². The van der Waals surface area contributed by atoms with Crippen molar-refractivity contribution in [3.8, 4) is 0 Å². The Labute approximate surface area is 139 Å². The Bertz CT molecular complexity index is 635. The predicted molar refractivity (Wildman–Crippen MR) is 95.3 cm³/mol. The van der Waals surface area contributed by atoms with E-state index in [1.165, 1.54) is 6.08 Å². The molecule has 0 atom stereocenters. The first-order chi connectivity index (χ1) is 10.7. The highest BCUT2D eigenvalue weighted by molar-refractivity contribution is 6.78. The van der Waals surface area contributed by atoms with E-state index >= 15 is 0 Å². The van der Waals surface area contributed by atoms with E-state index in [2.05, 4.69) is 41.5 Å². The number of ketones is 2. The molecule has 3 nitrogen and oxygen atoms in total. The predicted octanol–water partition coefficient (Wildman–Crippen LogP) is 5.14. The molecule has 0 aliphatic heterocycles. The largest absolute Gasteiger partial charge is 0.540 e. The lowest BCUT2D eigenvalue weighted by Gasteiger charge is -2.42. The Morgan fingerprint density at radius 2 is 1.30 bits per heavy atom. The van der Waals surface area contributed by atoms with Crippen LogP contribution in [0.15, 0.2) is 36.1 Å². The second-order valence-corrected chi connectivity index (χ2v) is 12.5. The Morgan fingerprint density at radius 1 is 0.826 bits per heavy atom. The van der Waals surface area contributed by atoms with Gasteiger partial charge in [-0.25, -0.2) is 0 Å². The van der Waals surface area contributed by atoms with Crippen molar-refractivity contribution in [2.24, 2.45) is 0 Å². The number of hydrogen-bond donors (Lipinski definition) is 0. The second-order valence-electron chi connectivity index (χ2n) is 7.17. The van der Waals surface area contributed by atoms with E-state index in [1.54, 1.807) is 24.3 Å². The topological polar surface area (TPSA) is 43.4 Å². The van der Waals surface area contributed by atoms with Gasteiger partial charge in [0.15, 0.2) is 11.5 Å². The summed E-state index contributed by atoms with van der Waals surface area (Å²) in [7, 11) is -2.25. The average molecular weight is 331 g/mol. The van der Waals surface area contributed by atoms with Crippen molar-refractivity contribution in [1.82, 2.24) is 0 Å². The van der Waals surface area contributed by atoms with E-state index in [9.17, 15) is 9.59 Å². The standard InChI is InChI=1S/C19H26O3Si/c1-12(2)23(13(3)4,14(5)6)22-18-11-17(20)15-9-7-8-10-16(15)19(18)21/h7-14H,1-6H3. The summed E-state index contributed by atoms with van der Waals surface area (Å²) >= 11 is 0. The molecular weight excluding hydrogens is 304 g/mol. The summed E-state index contributed by atoms with van der Waals surface area (Å²) in [6, 6.07) is 6.96. The van der Waals surface area contributed by atoms with Crippen molar-refractivity contribution >= 4 is 19.9 Å². The molecule has 0 bridgehead atoms. The maximum absolute atomic E-state index is 12.8. The first-order valence-electron chi connectivity index (χ1n) is 8.30. The van der Waals surface area contributed by atoms with Crippen LogP contribution in [0.2, 0.25) is 16.6 Å². The molecule has 0 aromatic heterocycles. The van der Waals surface area contributed by atoms with E-state index in [1.807, 2.05) is 0 Å². The third kappa shape index (κ3) is 2.92. The maximum Gasteiger partial charge on any atom is 0.258 e. The Balaban J connectivity index is 2.47. The summed E-state index contributed by atoms with van der Waals surface area (Å²) in [6.07, 6.45) is 1.39. The van der Waals surface area contributed by atoms with Crippen LogP contribution in [0.5, 0.6) is 0 Å². The summed E-state index contributed by atoms with van der Waals surface area (Å²) < 4.78 is 6.43. The van der Waals surface area contributed by atoms with Crippen molar-refractivity contribution in [2.45, 2.75) is 58.2 Å². The smallest absolute Gasteiger partial charge is 0.258 e. The molecule has 1 aliphatic carbocycles. The van der Waals surface area contributed by atoms with Gasteiger partial charge in [0.05, 0.1) is 0 Å². The number of carbonyl (C=O) groups excluding carboxylic acids is 2. The van der Waals surface area contributed by atoms with Gasteiger partial charge < -0.3 is 4.43 Å². The molecule has 2 rings (SSSR count). The quantitative estimate of drug-likeness (QED) is 0.702. The van der Waals surface area contributed by atoms with E-state index in [0.717, 1.165) is 0 Å². The third-order valence-corrected chi connectivity index (χ3v) is 10.9. The molecule has 124 valence electrons. The van der Waals surface area contributed by atoms with Crippen molar-refractivity contribution < 1.29 is 14.0 Å². The normalized spacial score (nSPS) is 15.3. The van der Waals surface area contributed by atoms with Crippen LogP contribution in [0.25, 0.3) is 0 Å². The molecule has 0 saturated heterocycles. The van der Waals surface area contributed by atoms with E-state index in [-0.39, 0.29) is 17.3 Å². The van der Waals surface area contributed by atoms with Crippen LogP contribution in [0, 0.1) is 0 Å². The Kier molecular flexibility index (Phi) is 4.94. The third-order valence-electron chi connectivity index (χ3n) is 4.92. The Hall–Kier alpha value is -1.68. The highest BCUT2D eigenvalue weighted by atomic mass is 28.4. The molecule has 0 heterocycles. The summed E-state index contributed by atoms with van der Waals surface area (Å²) in [5, 5.41) is 0. The van der Waals surface area contributed by atoms with Gasteiger partial charge in [-0.2, -0.15) is 0 Å². The molecule has 0 spiro atoms. The fourth-order valence-electron chi connectivity index (χ4n) is 3.91. The maximum atomic E-state index is 12.8. The molecular formula is C19H26O3Si. The van der Waals surface area contributed by atoms with Crippen molar-refractivity contribution in [3.05, 3.63) is 47.2 Å². The minimum Gasteiger partial charge on any atom is -0.540 e. The minimum atomic E-state index is -2.25. The van der Waals surface area contributed by atoms with Gasteiger partial charge in [0, 0.05) is 17.2 Å². The van der Waals surface area contributed by atoms with Gasteiger partial charge in [0.2, 0.25) is 5.78 Å². The molecule has 1 aromatic carbocycles. The number of carbonyl (C=O) groups is 2. The molecule has 0 radical (unpaired) electrons. The molecule has 0 saturated carbocycles. The summed E-state index contributed by atoms with van der Waals surface area (Å²) in [5.41, 5.74) is 1.97. The summed E-state index contributed by atoms with van der Waals surface area (Å²) in [4.78, 5) is 25.1. The lowest BCUT2D eigenvalue weighted by Crippen LogP contribution is -2.48. The summed E-state index contributed by atoms with van der Waals surface area (Å²) in [5.74, 6) is -0.0788. The monoisotopic (exact) mass is 330 g/mol. The van der Waals surface area contributed by atoms with Gasteiger partial charge >= 0.3 is 0 Å². The van der Waals surface area contributed by atoms with Gasteiger partial charge in [-0.3, -0.25) is 9.59 Å². The van der Waals surface area contributed by atoms with Crippen molar-refractivity contribution in [2.75, 3.05) is 0 Å². The van der Waals surface area contributed by atoms with E-state index in [0.29, 0.717) is 27.8 Å². The number of hydrogen-bond acceptors (Lipinski definition) is 3. The van der Waals surface area contributed by atoms with Gasteiger partial charge in [0.1, 0.15) is 0 Å². The van der Waals surface area contributed by atoms with Crippen LogP contribution in [0.1, 0.15) is 62.3 Å². The SMILES string of the molecule is CC(C)[Si](OC1=CC(=O)c2ccccc2C1=O)(C(C)C)C(C)C. The highest BCUT2D eigenvalue weighted by Crippen LogP contribution is 2.44. The lowest BCUT2D eigenvalue weighted by atomic mass is 9.94. The first kappa shape index (κ1) is 17.7. The van der Waals surface area contributed by atoms with Gasteiger partial charge in [0.25, 0.3) is 8.32 Å². The highest BCUT2D eigenvalue weighted by Gasteiger charge is 2.48. The number of allylic oxidation sites excluding steroid dienone is 2. The zero-order valence-electron chi connectivity index (χ0n) is 14.8. The average Bonchev–Trinajstić information content (AvgIpc) is 2.48. The van der Waals surface area contributed by atoms with Gasteiger partial charge in [-0.1, -0.05) is 65.8 Å². The second kappa shape index (κ2) is 6.44. The zero-order valence-corrected chi connectivity index (χ0v) is 15.8.